The lowest BCUT2D eigenvalue weighted by molar-refractivity contribution is -0.385. The molecule has 2 aromatic carbocycles. The molecule has 0 heterocycles. The number of aryl methyl sites for hydroxylation is 1. The molecule has 0 atom stereocenters. The lowest BCUT2D eigenvalue weighted by Crippen LogP contribution is -2.26. The van der Waals surface area contributed by atoms with Crippen LogP contribution in [-0.2, 0) is 17.6 Å². The second-order valence-corrected chi connectivity index (χ2v) is 6.18. The average Bonchev–Trinajstić information content (AvgIpc) is 2.70. The van der Waals surface area contributed by atoms with E-state index in [1.165, 1.54) is 12.1 Å². The molecule has 0 aromatic heterocycles. The van der Waals surface area contributed by atoms with Gasteiger partial charge in [0, 0.05) is 19.2 Å². The molecule has 2 aromatic rings. The van der Waals surface area contributed by atoms with Crippen LogP contribution in [0.2, 0.25) is 0 Å². The minimum atomic E-state index is -0.526. The van der Waals surface area contributed by atoms with Crippen molar-refractivity contribution in [3.63, 3.8) is 0 Å². The molecule has 8 heteroatoms. The van der Waals surface area contributed by atoms with Crippen molar-refractivity contribution in [1.29, 1.82) is 0 Å². The van der Waals surface area contributed by atoms with Crippen LogP contribution in [0, 0.1) is 10.1 Å². The van der Waals surface area contributed by atoms with Crippen molar-refractivity contribution in [3.05, 3.63) is 63.7 Å². The lowest BCUT2D eigenvalue weighted by atomic mass is 10.1. The zero-order chi connectivity index (χ0) is 20.4. The summed E-state index contributed by atoms with van der Waals surface area (Å²) in [5, 5.41) is 14.0. The average molecular weight is 387 g/mol. The number of rotatable bonds is 11. The van der Waals surface area contributed by atoms with E-state index in [9.17, 15) is 14.9 Å². The van der Waals surface area contributed by atoms with Gasteiger partial charge >= 0.3 is 5.69 Å². The Kier molecular flexibility index (Phi) is 8.23. The summed E-state index contributed by atoms with van der Waals surface area (Å²) in [6.07, 6.45) is 1.66. The fourth-order valence-corrected chi connectivity index (χ4v) is 2.70. The van der Waals surface area contributed by atoms with Crippen LogP contribution in [0.15, 0.2) is 42.5 Å². The maximum Gasteiger partial charge on any atom is 0.311 e. The number of nitro benzene ring substituents is 1. The second kappa shape index (κ2) is 10.9. The minimum Gasteiger partial charge on any atom is -0.497 e. The number of ether oxygens (including phenoxy) is 2. The number of carbonyl (C=O) groups excluding carboxylic acids is 1. The molecule has 2 rings (SSSR count). The van der Waals surface area contributed by atoms with Crippen LogP contribution < -0.4 is 20.5 Å². The van der Waals surface area contributed by atoms with Crippen LogP contribution in [0.5, 0.6) is 11.5 Å². The number of methoxy groups -OCH3 is 1. The van der Waals surface area contributed by atoms with Gasteiger partial charge in [-0.25, -0.2) is 0 Å². The Bertz CT molecular complexity index is 810. The van der Waals surface area contributed by atoms with Gasteiger partial charge in [0.05, 0.1) is 18.5 Å². The van der Waals surface area contributed by atoms with E-state index in [-0.39, 0.29) is 36.9 Å². The molecular weight excluding hydrogens is 362 g/mol. The maximum absolute atomic E-state index is 12.1. The van der Waals surface area contributed by atoms with Crippen molar-refractivity contribution in [2.75, 3.05) is 26.8 Å². The Hall–Kier alpha value is -3.13. The zero-order valence-electron chi connectivity index (χ0n) is 15.8. The molecule has 0 aliphatic heterocycles. The summed E-state index contributed by atoms with van der Waals surface area (Å²) in [6, 6.07) is 12.3. The van der Waals surface area contributed by atoms with E-state index < -0.39 is 4.92 Å². The van der Waals surface area contributed by atoms with E-state index in [1.807, 2.05) is 24.3 Å². The molecule has 0 unspecified atom stereocenters. The molecule has 0 fully saturated rings. The van der Waals surface area contributed by atoms with Gasteiger partial charge in [-0.1, -0.05) is 18.2 Å². The Morgan fingerprint density at radius 1 is 1.21 bits per heavy atom. The molecule has 0 aliphatic carbocycles. The van der Waals surface area contributed by atoms with Gasteiger partial charge in [0.2, 0.25) is 5.91 Å². The molecule has 0 saturated heterocycles. The number of hydrogen-bond acceptors (Lipinski definition) is 6. The second-order valence-electron chi connectivity index (χ2n) is 6.18. The Balaban J connectivity index is 1.83. The molecule has 0 saturated carbocycles. The smallest absolute Gasteiger partial charge is 0.311 e. The van der Waals surface area contributed by atoms with Gasteiger partial charge in [0.1, 0.15) is 12.4 Å². The summed E-state index contributed by atoms with van der Waals surface area (Å²) in [5.74, 6) is 0.774. The highest BCUT2D eigenvalue weighted by molar-refractivity contribution is 5.78. The van der Waals surface area contributed by atoms with Crippen molar-refractivity contribution in [1.82, 2.24) is 5.32 Å². The summed E-state index contributed by atoms with van der Waals surface area (Å²) in [4.78, 5) is 22.8. The quantitative estimate of drug-likeness (QED) is 0.347. The summed E-state index contributed by atoms with van der Waals surface area (Å²) < 4.78 is 10.5. The third-order valence-electron chi connectivity index (χ3n) is 4.06. The largest absolute Gasteiger partial charge is 0.497 e. The predicted octanol–water partition coefficient (Wildman–Crippen LogP) is 2.23. The van der Waals surface area contributed by atoms with E-state index in [1.54, 1.807) is 13.2 Å². The summed E-state index contributed by atoms with van der Waals surface area (Å²) in [5.41, 5.74) is 6.87. The van der Waals surface area contributed by atoms with Crippen LogP contribution in [0.1, 0.15) is 17.5 Å². The molecule has 8 nitrogen and oxygen atoms in total. The van der Waals surface area contributed by atoms with Gasteiger partial charge in [0.15, 0.2) is 5.75 Å². The first-order valence-corrected chi connectivity index (χ1v) is 9.03. The topological polar surface area (TPSA) is 117 Å². The number of carbonyl (C=O) groups is 1. The zero-order valence-corrected chi connectivity index (χ0v) is 15.8. The lowest BCUT2D eigenvalue weighted by Gasteiger charge is -2.08. The number of nitro groups is 1. The van der Waals surface area contributed by atoms with Crippen LogP contribution in [0.25, 0.3) is 0 Å². The van der Waals surface area contributed by atoms with Crippen molar-refractivity contribution < 1.29 is 19.2 Å². The van der Waals surface area contributed by atoms with E-state index in [4.69, 9.17) is 15.2 Å². The fourth-order valence-electron chi connectivity index (χ4n) is 2.70. The van der Waals surface area contributed by atoms with Gasteiger partial charge in [-0.15, -0.1) is 0 Å². The highest BCUT2D eigenvalue weighted by Gasteiger charge is 2.17. The molecule has 150 valence electrons. The molecule has 3 N–H and O–H groups in total. The first-order chi connectivity index (χ1) is 13.5. The molecule has 28 heavy (non-hydrogen) atoms. The summed E-state index contributed by atoms with van der Waals surface area (Å²) >= 11 is 0. The third kappa shape index (κ3) is 6.55. The molecule has 0 spiro atoms. The van der Waals surface area contributed by atoms with Gasteiger partial charge in [-0.05, 0) is 42.2 Å². The molecule has 0 radical (unpaired) electrons. The normalized spacial score (nSPS) is 10.4. The van der Waals surface area contributed by atoms with Gasteiger partial charge in [0.25, 0.3) is 0 Å². The van der Waals surface area contributed by atoms with E-state index in [0.29, 0.717) is 12.1 Å². The van der Waals surface area contributed by atoms with Crippen LogP contribution in [-0.4, -0.2) is 37.6 Å². The van der Waals surface area contributed by atoms with Gasteiger partial charge in [-0.3, -0.25) is 14.9 Å². The number of amides is 1. The van der Waals surface area contributed by atoms with Crippen LogP contribution in [0.3, 0.4) is 0 Å². The first-order valence-electron chi connectivity index (χ1n) is 9.03. The Morgan fingerprint density at radius 3 is 2.75 bits per heavy atom. The third-order valence-corrected chi connectivity index (χ3v) is 4.06. The summed E-state index contributed by atoms with van der Waals surface area (Å²) in [7, 11) is 1.63. The monoisotopic (exact) mass is 387 g/mol. The minimum absolute atomic E-state index is 0.0666. The predicted molar refractivity (Wildman–Crippen MR) is 106 cm³/mol. The first kappa shape index (κ1) is 21.2. The number of nitrogens with zero attached hydrogens (tertiary/aromatic N) is 1. The standard InChI is InChI=1S/C20H25N3O5/c1-27-17-6-2-4-15(12-17)5-3-10-22-20(24)14-16-7-8-19(28-11-9-21)18(13-16)23(25)26/h2,4,6-8,12-13H,3,5,9-11,14,21H2,1H3,(H,22,24). The van der Waals surface area contributed by atoms with E-state index in [2.05, 4.69) is 5.32 Å². The van der Waals surface area contributed by atoms with E-state index >= 15 is 0 Å². The number of hydrogen-bond donors (Lipinski definition) is 2. The number of benzene rings is 2. The van der Waals surface area contributed by atoms with Gasteiger partial charge in [-0.2, -0.15) is 0 Å². The molecule has 0 aliphatic rings. The highest BCUT2D eigenvalue weighted by Crippen LogP contribution is 2.28. The highest BCUT2D eigenvalue weighted by atomic mass is 16.6. The van der Waals surface area contributed by atoms with Crippen molar-refractivity contribution in [2.24, 2.45) is 5.73 Å². The SMILES string of the molecule is COc1cccc(CCCNC(=O)Cc2ccc(OCCN)c([N+](=O)[O-])c2)c1. The van der Waals surface area contributed by atoms with Crippen molar-refractivity contribution in [2.45, 2.75) is 19.3 Å². The number of nitrogens with two attached hydrogens (primary N) is 1. The molecule has 1 amide bonds. The maximum atomic E-state index is 12.1. The Labute approximate surface area is 163 Å². The number of nitrogens with one attached hydrogen (secondary N) is 1. The molecule has 0 bridgehead atoms. The van der Waals surface area contributed by atoms with Crippen LogP contribution >= 0.6 is 0 Å². The van der Waals surface area contributed by atoms with Crippen molar-refractivity contribution >= 4 is 11.6 Å². The van der Waals surface area contributed by atoms with Crippen molar-refractivity contribution in [3.8, 4) is 11.5 Å². The molecular formula is C20H25N3O5. The van der Waals surface area contributed by atoms with Gasteiger partial charge < -0.3 is 20.5 Å². The van der Waals surface area contributed by atoms with E-state index in [0.717, 1.165) is 24.2 Å². The fraction of sp³-hybridized carbons (Fsp3) is 0.350. The van der Waals surface area contributed by atoms with Crippen LogP contribution in [0.4, 0.5) is 5.69 Å². The Morgan fingerprint density at radius 2 is 2.04 bits per heavy atom. The summed E-state index contributed by atoms with van der Waals surface area (Å²) in [6.45, 7) is 0.973.